The first kappa shape index (κ1) is 10.8. The molecule has 88 valence electrons. The highest BCUT2D eigenvalue weighted by Gasteiger charge is 2.21. The Balaban J connectivity index is 1.92. The van der Waals surface area contributed by atoms with Gasteiger partial charge in [0.15, 0.2) is 0 Å². The van der Waals surface area contributed by atoms with Crippen LogP contribution in [0.1, 0.15) is 18.1 Å². The molecule has 0 saturated carbocycles. The maximum atomic E-state index is 6.12. The van der Waals surface area contributed by atoms with Crippen molar-refractivity contribution in [3.8, 4) is 11.5 Å². The van der Waals surface area contributed by atoms with Crippen LogP contribution in [0.3, 0.4) is 0 Å². The van der Waals surface area contributed by atoms with E-state index >= 15 is 0 Å². The van der Waals surface area contributed by atoms with Crippen LogP contribution in [-0.4, -0.2) is 18.1 Å². The fraction of sp³-hybridized carbons (Fsp3) is 0.308. The molecule has 0 spiro atoms. The number of hydrogen-bond acceptors (Lipinski definition) is 3. The summed E-state index contributed by atoms with van der Waals surface area (Å²) < 4.78 is 5.80. The van der Waals surface area contributed by atoms with Gasteiger partial charge in [-0.05, 0) is 25.1 Å². The first-order chi connectivity index (χ1) is 8.34. The second-order valence-electron chi connectivity index (χ2n) is 4.24. The van der Waals surface area contributed by atoms with Gasteiger partial charge in [-0.2, -0.15) is 0 Å². The Bertz CT molecular complexity index is 518. The molecule has 1 aliphatic rings. The molecule has 1 atom stereocenters. The van der Waals surface area contributed by atoms with Crippen molar-refractivity contribution in [1.29, 1.82) is 0 Å². The number of hydrogen-bond donors (Lipinski definition) is 1. The standard InChI is InChI=1S/C13H13ClN2O/c14-11-4-2-1-3-10(11)13-16-8-12(17-13)9-5-6-15-7-9/h1-4,8-9,15H,5-7H2. The van der Waals surface area contributed by atoms with E-state index in [-0.39, 0.29) is 0 Å². The van der Waals surface area contributed by atoms with E-state index in [1.807, 2.05) is 30.5 Å². The molecule has 1 aromatic heterocycles. The molecule has 0 amide bonds. The molecule has 1 N–H and O–H groups in total. The number of benzene rings is 1. The van der Waals surface area contributed by atoms with Gasteiger partial charge in [0.1, 0.15) is 5.76 Å². The Morgan fingerprint density at radius 1 is 1.35 bits per heavy atom. The van der Waals surface area contributed by atoms with Gasteiger partial charge in [0.05, 0.1) is 16.8 Å². The summed E-state index contributed by atoms with van der Waals surface area (Å²) in [5.74, 6) is 2.00. The smallest absolute Gasteiger partial charge is 0.227 e. The Labute approximate surface area is 105 Å². The lowest BCUT2D eigenvalue weighted by Crippen LogP contribution is -2.07. The van der Waals surface area contributed by atoms with Gasteiger partial charge in [0.25, 0.3) is 0 Å². The quantitative estimate of drug-likeness (QED) is 0.888. The van der Waals surface area contributed by atoms with Crippen molar-refractivity contribution in [3.05, 3.63) is 41.2 Å². The molecular formula is C13H13ClN2O. The molecule has 1 aliphatic heterocycles. The summed E-state index contributed by atoms with van der Waals surface area (Å²) in [6, 6.07) is 7.60. The zero-order valence-corrected chi connectivity index (χ0v) is 10.1. The number of aromatic nitrogens is 1. The zero-order valence-electron chi connectivity index (χ0n) is 9.32. The van der Waals surface area contributed by atoms with E-state index in [2.05, 4.69) is 10.3 Å². The number of nitrogens with zero attached hydrogens (tertiary/aromatic N) is 1. The van der Waals surface area contributed by atoms with E-state index in [0.29, 0.717) is 16.8 Å². The average molecular weight is 249 g/mol. The van der Waals surface area contributed by atoms with Crippen LogP contribution in [0, 0.1) is 0 Å². The third-order valence-corrected chi connectivity index (χ3v) is 3.42. The van der Waals surface area contributed by atoms with Crippen LogP contribution in [0.4, 0.5) is 0 Å². The minimum absolute atomic E-state index is 0.443. The minimum atomic E-state index is 0.443. The number of rotatable bonds is 2. The van der Waals surface area contributed by atoms with Crippen molar-refractivity contribution in [1.82, 2.24) is 10.3 Å². The van der Waals surface area contributed by atoms with E-state index in [4.69, 9.17) is 16.0 Å². The Morgan fingerprint density at radius 3 is 3.00 bits per heavy atom. The van der Waals surface area contributed by atoms with Crippen molar-refractivity contribution in [2.24, 2.45) is 0 Å². The fourth-order valence-electron chi connectivity index (χ4n) is 2.13. The van der Waals surface area contributed by atoms with Crippen molar-refractivity contribution in [2.45, 2.75) is 12.3 Å². The third-order valence-electron chi connectivity index (χ3n) is 3.09. The van der Waals surface area contributed by atoms with Gasteiger partial charge < -0.3 is 9.73 Å². The SMILES string of the molecule is Clc1ccccc1-c1ncc(C2CCNC2)o1. The highest BCUT2D eigenvalue weighted by molar-refractivity contribution is 6.33. The lowest BCUT2D eigenvalue weighted by molar-refractivity contribution is 0.481. The third kappa shape index (κ3) is 2.08. The molecule has 0 aliphatic carbocycles. The summed E-state index contributed by atoms with van der Waals surface area (Å²) in [6.07, 6.45) is 2.92. The van der Waals surface area contributed by atoms with Gasteiger partial charge in [-0.1, -0.05) is 23.7 Å². The highest BCUT2D eigenvalue weighted by atomic mass is 35.5. The number of halogens is 1. The van der Waals surface area contributed by atoms with Gasteiger partial charge in [0, 0.05) is 12.5 Å². The summed E-state index contributed by atoms with van der Waals surface area (Å²) in [7, 11) is 0. The lowest BCUT2D eigenvalue weighted by atomic mass is 10.1. The summed E-state index contributed by atoms with van der Waals surface area (Å²) >= 11 is 6.12. The van der Waals surface area contributed by atoms with Crippen molar-refractivity contribution in [3.63, 3.8) is 0 Å². The first-order valence-corrected chi connectivity index (χ1v) is 6.14. The van der Waals surface area contributed by atoms with Crippen molar-refractivity contribution >= 4 is 11.6 Å². The van der Waals surface area contributed by atoms with Crippen LogP contribution in [0.15, 0.2) is 34.9 Å². The second-order valence-corrected chi connectivity index (χ2v) is 4.64. The highest BCUT2D eigenvalue weighted by Crippen LogP contribution is 2.30. The van der Waals surface area contributed by atoms with Crippen molar-refractivity contribution in [2.75, 3.05) is 13.1 Å². The molecule has 1 fully saturated rings. The summed E-state index contributed by atoms with van der Waals surface area (Å²) in [6.45, 7) is 2.02. The predicted molar refractivity (Wildman–Crippen MR) is 67.2 cm³/mol. The molecule has 3 nitrogen and oxygen atoms in total. The van der Waals surface area contributed by atoms with Crippen LogP contribution in [0.5, 0.6) is 0 Å². The topological polar surface area (TPSA) is 38.1 Å². The molecule has 1 unspecified atom stereocenters. The minimum Gasteiger partial charge on any atom is -0.441 e. The average Bonchev–Trinajstić information content (AvgIpc) is 3.00. The van der Waals surface area contributed by atoms with E-state index in [0.717, 1.165) is 30.8 Å². The summed E-state index contributed by atoms with van der Waals surface area (Å²) in [5, 5.41) is 3.99. The Hall–Kier alpha value is -1.32. The maximum Gasteiger partial charge on any atom is 0.227 e. The van der Waals surface area contributed by atoms with Crippen LogP contribution >= 0.6 is 11.6 Å². The van der Waals surface area contributed by atoms with Crippen LogP contribution in [0.2, 0.25) is 5.02 Å². The lowest BCUT2D eigenvalue weighted by Gasteiger charge is -2.02. The molecular weight excluding hydrogens is 236 g/mol. The number of nitrogens with one attached hydrogen (secondary N) is 1. The Morgan fingerprint density at radius 2 is 2.24 bits per heavy atom. The number of oxazole rings is 1. The monoisotopic (exact) mass is 248 g/mol. The molecule has 0 radical (unpaired) electrons. The summed E-state index contributed by atoms with van der Waals surface area (Å²) in [5.41, 5.74) is 0.853. The summed E-state index contributed by atoms with van der Waals surface area (Å²) in [4.78, 5) is 4.31. The van der Waals surface area contributed by atoms with Crippen LogP contribution < -0.4 is 5.32 Å². The zero-order chi connectivity index (χ0) is 11.7. The first-order valence-electron chi connectivity index (χ1n) is 5.76. The van der Waals surface area contributed by atoms with E-state index in [1.54, 1.807) is 0 Å². The predicted octanol–water partition coefficient (Wildman–Crippen LogP) is 3.07. The van der Waals surface area contributed by atoms with E-state index < -0.39 is 0 Å². The van der Waals surface area contributed by atoms with Crippen LogP contribution in [0.25, 0.3) is 11.5 Å². The largest absolute Gasteiger partial charge is 0.441 e. The van der Waals surface area contributed by atoms with Gasteiger partial charge in [-0.15, -0.1) is 0 Å². The van der Waals surface area contributed by atoms with Gasteiger partial charge in [0.2, 0.25) is 5.89 Å². The van der Waals surface area contributed by atoms with Crippen molar-refractivity contribution < 1.29 is 4.42 Å². The van der Waals surface area contributed by atoms with Gasteiger partial charge >= 0.3 is 0 Å². The molecule has 2 aromatic rings. The molecule has 2 heterocycles. The Kier molecular flexibility index (Phi) is 2.87. The molecule has 1 aromatic carbocycles. The van der Waals surface area contributed by atoms with Crippen LogP contribution in [-0.2, 0) is 0 Å². The van der Waals surface area contributed by atoms with Gasteiger partial charge in [-0.3, -0.25) is 0 Å². The molecule has 17 heavy (non-hydrogen) atoms. The van der Waals surface area contributed by atoms with E-state index in [9.17, 15) is 0 Å². The molecule has 3 rings (SSSR count). The van der Waals surface area contributed by atoms with Gasteiger partial charge in [-0.25, -0.2) is 4.98 Å². The molecule has 1 saturated heterocycles. The molecule has 0 bridgehead atoms. The maximum absolute atomic E-state index is 6.12. The van der Waals surface area contributed by atoms with E-state index in [1.165, 1.54) is 0 Å². The second kappa shape index (κ2) is 4.51. The normalized spacial score (nSPS) is 19.7. The fourth-order valence-corrected chi connectivity index (χ4v) is 2.35. The molecule has 4 heteroatoms.